The molecule has 0 N–H and O–H groups in total. The lowest BCUT2D eigenvalue weighted by Gasteiger charge is -2.05. The molecule has 0 saturated heterocycles. The molecule has 0 fully saturated rings. The first-order chi connectivity index (χ1) is 8.63. The summed E-state index contributed by atoms with van der Waals surface area (Å²) in [6.07, 6.45) is 5.07. The molecule has 0 radical (unpaired) electrons. The molecular formula is C15H13ClO2. The fraction of sp³-hybridized carbons (Fsp3) is 0.133. The van der Waals surface area contributed by atoms with E-state index in [1.807, 2.05) is 0 Å². The quantitative estimate of drug-likeness (QED) is 0.750. The third kappa shape index (κ3) is 2.39. The first kappa shape index (κ1) is 12.7. The van der Waals surface area contributed by atoms with Crippen LogP contribution in [0.5, 0.6) is 0 Å². The molecule has 2 rings (SSSR count). The summed E-state index contributed by atoms with van der Waals surface area (Å²) in [5.41, 5.74) is 2.00. The van der Waals surface area contributed by atoms with Crippen molar-refractivity contribution in [2.75, 3.05) is 0 Å². The Bertz CT molecular complexity index is 568. The molecule has 1 heterocycles. The molecule has 1 aliphatic heterocycles. The second-order valence-electron chi connectivity index (χ2n) is 3.98. The van der Waals surface area contributed by atoms with Gasteiger partial charge in [-0.05, 0) is 31.2 Å². The third-order valence-corrected chi connectivity index (χ3v) is 3.01. The van der Waals surface area contributed by atoms with Crippen LogP contribution in [0.25, 0.3) is 0 Å². The van der Waals surface area contributed by atoms with Crippen LogP contribution >= 0.6 is 11.6 Å². The van der Waals surface area contributed by atoms with Crippen molar-refractivity contribution in [2.45, 2.75) is 13.5 Å². The standard InChI is InChI=1S/C15H13ClO2/c1-3-4-5-13-10(2)18-9-11-8-12(16)6-7-14(11)15(13)17/h3-8H,1,9H2,2H3/b5-4-. The summed E-state index contributed by atoms with van der Waals surface area (Å²) < 4.78 is 5.58. The third-order valence-electron chi connectivity index (χ3n) is 2.78. The number of ether oxygens (including phenoxy) is 1. The van der Waals surface area contributed by atoms with Gasteiger partial charge in [-0.15, -0.1) is 0 Å². The molecule has 1 aliphatic rings. The highest BCUT2D eigenvalue weighted by Gasteiger charge is 2.21. The zero-order valence-corrected chi connectivity index (χ0v) is 10.8. The van der Waals surface area contributed by atoms with Gasteiger partial charge in [-0.2, -0.15) is 0 Å². The Hall–Kier alpha value is -1.80. The van der Waals surface area contributed by atoms with Gasteiger partial charge >= 0.3 is 0 Å². The van der Waals surface area contributed by atoms with Gasteiger partial charge in [0.25, 0.3) is 0 Å². The molecule has 1 aromatic rings. The van der Waals surface area contributed by atoms with E-state index in [0.29, 0.717) is 28.5 Å². The fourth-order valence-electron chi connectivity index (χ4n) is 1.83. The molecule has 0 amide bonds. The number of carbonyl (C=O) groups excluding carboxylic acids is 1. The van der Waals surface area contributed by atoms with E-state index in [1.54, 1.807) is 43.4 Å². The Morgan fingerprint density at radius 1 is 1.44 bits per heavy atom. The number of benzene rings is 1. The van der Waals surface area contributed by atoms with Gasteiger partial charge in [0.1, 0.15) is 12.4 Å². The minimum absolute atomic E-state index is 0.0465. The summed E-state index contributed by atoms with van der Waals surface area (Å²) in [6, 6.07) is 5.22. The van der Waals surface area contributed by atoms with Crippen molar-refractivity contribution >= 4 is 17.4 Å². The molecule has 0 spiro atoms. The van der Waals surface area contributed by atoms with E-state index in [-0.39, 0.29) is 5.78 Å². The predicted octanol–water partition coefficient (Wildman–Crippen LogP) is 4.07. The van der Waals surface area contributed by atoms with Crippen LogP contribution in [0.15, 0.2) is 54.3 Å². The molecule has 92 valence electrons. The number of ketones is 1. The Labute approximate surface area is 111 Å². The van der Waals surface area contributed by atoms with Crippen molar-refractivity contribution in [3.05, 3.63) is 70.5 Å². The van der Waals surface area contributed by atoms with Gasteiger partial charge in [-0.1, -0.05) is 30.3 Å². The van der Waals surface area contributed by atoms with Crippen LogP contribution < -0.4 is 0 Å². The van der Waals surface area contributed by atoms with Gasteiger partial charge in [0.05, 0.1) is 5.57 Å². The molecule has 0 bridgehead atoms. The number of fused-ring (bicyclic) bond motifs is 1. The average molecular weight is 261 g/mol. The van der Waals surface area contributed by atoms with Gasteiger partial charge in [-0.3, -0.25) is 4.79 Å². The summed E-state index contributed by atoms with van der Waals surface area (Å²) in [4.78, 5) is 12.4. The van der Waals surface area contributed by atoms with Crippen molar-refractivity contribution in [3.8, 4) is 0 Å². The van der Waals surface area contributed by atoms with Crippen LogP contribution in [0.4, 0.5) is 0 Å². The Morgan fingerprint density at radius 3 is 2.94 bits per heavy atom. The van der Waals surface area contributed by atoms with Crippen molar-refractivity contribution in [1.82, 2.24) is 0 Å². The van der Waals surface area contributed by atoms with Crippen LogP contribution in [0.2, 0.25) is 5.02 Å². The molecule has 0 unspecified atom stereocenters. The van der Waals surface area contributed by atoms with Gasteiger partial charge in [0.2, 0.25) is 0 Å². The number of rotatable bonds is 2. The molecule has 0 atom stereocenters. The van der Waals surface area contributed by atoms with Gasteiger partial charge in [0, 0.05) is 16.1 Å². The smallest absolute Gasteiger partial charge is 0.196 e. The molecule has 18 heavy (non-hydrogen) atoms. The van der Waals surface area contributed by atoms with Crippen LogP contribution in [0.3, 0.4) is 0 Å². The first-order valence-corrected chi connectivity index (χ1v) is 5.97. The Morgan fingerprint density at radius 2 is 2.22 bits per heavy atom. The largest absolute Gasteiger partial charge is 0.493 e. The maximum absolute atomic E-state index is 12.4. The van der Waals surface area contributed by atoms with E-state index in [9.17, 15) is 4.79 Å². The van der Waals surface area contributed by atoms with E-state index in [4.69, 9.17) is 16.3 Å². The van der Waals surface area contributed by atoms with E-state index in [0.717, 1.165) is 5.56 Å². The van der Waals surface area contributed by atoms with Crippen molar-refractivity contribution < 1.29 is 9.53 Å². The van der Waals surface area contributed by atoms with Crippen molar-refractivity contribution in [2.24, 2.45) is 0 Å². The highest BCUT2D eigenvalue weighted by Crippen LogP contribution is 2.26. The predicted molar refractivity (Wildman–Crippen MR) is 72.6 cm³/mol. The molecule has 0 aliphatic carbocycles. The second-order valence-corrected chi connectivity index (χ2v) is 4.42. The number of carbonyl (C=O) groups is 1. The summed E-state index contributed by atoms with van der Waals surface area (Å²) in [5.74, 6) is 0.570. The highest BCUT2D eigenvalue weighted by atomic mass is 35.5. The molecular weight excluding hydrogens is 248 g/mol. The van der Waals surface area contributed by atoms with Gasteiger partial charge in [0.15, 0.2) is 5.78 Å². The molecule has 3 heteroatoms. The van der Waals surface area contributed by atoms with Crippen molar-refractivity contribution in [3.63, 3.8) is 0 Å². The number of Topliss-reactive ketones (excluding diaryl/α,β-unsaturated/α-hetero) is 1. The topological polar surface area (TPSA) is 26.3 Å². The molecule has 0 saturated carbocycles. The fourth-order valence-corrected chi connectivity index (χ4v) is 2.02. The highest BCUT2D eigenvalue weighted by molar-refractivity contribution is 6.30. The van der Waals surface area contributed by atoms with E-state index in [2.05, 4.69) is 6.58 Å². The van der Waals surface area contributed by atoms with Crippen LogP contribution in [0, 0.1) is 0 Å². The van der Waals surface area contributed by atoms with Crippen LogP contribution in [-0.4, -0.2) is 5.78 Å². The summed E-state index contributed by atoms with van der Waals surface area (Å²) in [6.45, 7) is 5.74. The Kier molecular flexibility index (Phi) is 3.68. The summed E-state index contributed by atoms with van der Waals surface area (Å²) >= 11 is 5.93. The normalized spacial score (nSPS) is 15.3. The number of hydrogen-bond donors (Lipinski definition) is 0. The molecule has 2 nitrogen and oxygen atoms in total. The lowest BCUT2D eigenvalue weighted by atomic mass is 9.98. The first-order valence-electron chi connectivity index (χ1n) is 5.59. The monoisotopic (exact) mass is 260 g/mol. The van der Waals surface area contributed by atoms with E-state index >= 15 is 0 Å². The van der Waals surface area contributed by atoms with Gasteiger partial charge < -0.3 is 4.74 Å². The van der Waals surface area contributed by atoms with E-state index < -0.39 is 0 Å². The number of halogens is 1. The molecule has 1 aromatic carbocycles. The van der Waals surface area contributed by atoms with Crippen molar-refractivity contribution in [1.29, 1.82) is 0 Å². The minimum Gasteiger partial charge on any atom is -0.493 e. The van der Waals surface area contributed by atoms with Crippen LogP contribution in [-0.2, 0) is 11.3 Å². The van der Waals surface area contributed by atoms with Gasteiger partial charge in [-0.25, -0.2) is 0 Å². The number of hydrogen-bond acceptors (Lipinski definition) is 2. The second kappa shape index (κ2) is 5.23. The SMILES string of the molecule is C=C/C=C\C1=C(C)OCc2cc(Cl)ccc2C1=O. The minimum atomic E-state index is -0.0465. The zero-order valence-electron chi connectivity index (χ0n) is 10.1. The summed E-state index contributed by atoms with van der Waals surface area (Å²) in [5, 5.41) is 0.605. The summed E-state index contributed by atoms with van der Waals surface area (Å²) in [7, 11) is 0. The lowest BCUT2D eigenvalue weighted by Crippen LogP contribution is -2.04. The van der Waals surface area contributed by atoms with Crippen LogP contribution in [0.1, 0.15) is 22.8 Å². The lowest BCUT2D eigenvalue weighted by molar-refractivity contribution is 0.103. The average Bonchev–Trinajstić information content (AvgIpc) is 2.46. The molecule has 0 aromatic heterocycles. The Balaban J connectivity index is 2.51. The maximum Gasteiger partial charge on any atom is 0.196 e. The zero-order chi connectivity index (χ0) is 13.1. The number of allylic oxidation sites excluding steroid dienone is 5. The maximum atomic E-state index is 12.4. The van der Waals surface area contributed by atoms with E-state index in [1.165, 1.54) is 0 Å².